The highest BCUT2D eigenvalue weighted by molar-refractivity contribution is 7.80. The molecule has 1 fully saturated rings. The second-order valence-electron chi connectivity index (χ2n) is 7.67. The Morgan fingerprint density at radius 2 is 2.06 bits per heavy atom. The molecule has 0 bridgehead atoms. The van der Waals surface area contributed by atoms with Gasteiger partial charge in [0.25, 0.3) is 5.56 Å². The van der Waals surface area contributed by atoms with Gasteiger partial charge in [0.1, 0.15) is 5.76 Å². The van der Waals surface area contributed by atoms with Crippen LogP contribution in [0.1, 0.15) is 24.2 Å². The number of nitrogens with zero attached hydrogens (tertiary/aromatic N) is 1. The SMILES string of the molecule is COc1cc2cc(CN(Cc3ccco3)C(=S)NCC3CCCO3)c(=O)[nH]c2cc1OC. The zero-order valence-electron chi connectivity index (χ0n) is 18.2. The molecule has 3 heterocycles. The second kappa shape index (κ2) is 10.1. The summed E-state index contributed by atoms with van der Waals surface area (Å²) >= 11 is 5.66. The van der Waals surface area contributed by atoms with Gasteiger partial charge in [-0.05, 0) is 49.3 Å². The van der Waals surface area contributed by atoms with Crippen molar-refractivity contribution in [3.05, 3.63) is 58.3 Å². The van der Waals surface area contributed by atoms with E-state index in [0.717, 1.165) is 30.6 Å². The molecule has 32 heavy (non-hydrogen) atoms. The molecule has 1 aromatic carbocycles. The van der Waals surface area contributed by atoms with Gasteiger partial charge in [-0.3, -0.25) is 4.79 Å². The van der Waals surface area contributed by atoms with Gasteiger partial charge >= 0.3 is 0 Å². The van der Waals surface area contributed by atoms with Crippen molar-refractivity contribution in [3.8, 4) is 11.5 Å². The topological polar surface area (TPSA) is 89.0 Å². The van der Waals surface area contributed by atoms with Crippen molar-refractivity contribution in [2.24, 2.45) is 0 Å². The number of hydrogen-bond donors (Lipinski definition) is 2. The van der Waals surface area contributed by atoms with Crippen LogP contribution in [0.4, 0.5) is 0 Å². The van der Waals surface area contributed by atoms with Crippen molar-refractivity contribution in [2.45, 2.75) is 32.0 Å². The summed E-state index contributed by atoms with van der Waals surface area (Å²) in [6.07, 6.45) is 3.86. The lowest BCUT2D eigenvalue weighted by atomic mass is 10.1. The quantitative estimate of drug-likeness (QED) is 0.499. The summed E-state index contributed by atoms with van der Waals surface area (Å²) in [5.74, 6) is 1.91. The van der Waals surface area contributed by atoms with Crippen molar-refractivity contribution in [2.75, 3.05) is 27.4 Å². The van der Waals surface area contributed by atoms with Crippen LogP contribution in [0.5, 0.6) is 11.5 Å². The molecule has 2 N–H and O–H groups in total. The first-order valence-corrected chi connectivity index (χ1v) is 10.9. The van der Waals surface area contributed by atoms with Crippen LogP contribution in [0, 0.1) is 0 Å². The van der Waals surface area contributed by atoms with Gasteiger partial charge in [-0.2, -0.15) is 0 Å². The number of rotatable bonds is 8. The van der Waals surface area contributed by atoms with Crippen LogP contribution in [-0.2, 0) is 17.8 Å². The lowest BCUT2D eigenvalue weighted by Crippen LogP contribution is -2.42. The number of hydrogen-bond acceptors (Lipinski definition) is 6. The van der Waals surface area contributed by atoms with Gasteiger partial charge in [-0.15, -0.1) is 0 Å². The smallest absolute Gasteiger partial charge is 0.253 e. The number of thiocarbonyl (C=S) groups is 1. The summed E-state index contributed by atoms with van der Waals surface area (Å²) in [5.41, 5.74) is 1.07. The molecule has 0 aliphatic carbocycles. The first-order valence-electron chi connectivity index (χ1n) is 10.5. The molecule has 1 aliphatic heterocycles. The number of fused-ring (bicyclic) bond motifs is 1. The molecule has 2 aromatic heterocycles. The highest BCUT2D eigenvalue weighted by Gasteiger charge is 2.19. The maximum absolute atomic E-state index is 12.9. The predicted octanol–water partition coefficient (Wildman–Crippen LogP) is 3.19. The molecule has 1 atom stereocenters. The molecule has 1 unspecified atom stereocenters. The third-order valence-corrected chi connectivity index (χ3v) is 5.91. The van der Waals surface area contributed by atoms with E-state index >= 15 is 0 Å². The fraction of sp³-hybridized carbons (Fsp3) is 0.391. The zero-order valence-corrected chi connectivity index (χ0v) is 19.0. The van der Waals surface area contributed by atoms with E-state index < -0.39 is 0 Å². The minimum atomic E-state index is -0.184. The van der Waals surface area contributed by atoms with Crippen LogP contribution < -0.4 is 20.3 Å². The summed E-state index contributed by atoms with van der Waals surface area (Å²) in [4.78, 5) is 17.7. The summed E-state index contributed by atoms with van der Waals surface area (Å²) in [6, 6.07) is 9.18. The van der Waals surface area contributed by atoms with Crippen LogP contribution in [0.2, 0.25) is 0 Å². The highest BCUT2D eigenvalue weighted by atomic mass is 32.1. The van der Waals surface area contributed by atoms with Crippen molar-refractivity contribution in [1.82, 2.24) is 15.2 Å². The summed E-state index contributed by atoms with van der Waals surface area (Å²) in [6.45, 7) is 2.18. The van der Waals surface area contributed by atoms with Gasteiger partial charge in [0.05, 0.1) is 45.2 Å². The van der Waals surface area contributed by atoms with Gasteiger partial charge in [0, 0.05) is 30.2 Å². The van der Waals surface area contributed by atoms with Crippen LogP contribution in [0.25, 0.3) is 10.9 Å². The number of H-pyrrole nitrogens is 1. The molecule has 0 radical (unpaired) electrons. The van der Waals surface area contributed by atoms with E-state index in [1.54, 1.807) is 26.5 Å². The summed E-state index contributed by atoms with van der Waals surface area (Å²) < 4.78 is 21.9. The fourth-order valence-electron chi connectivity index (χ4n) is 3.81. The molecule has 1 aliphatic rings. The standard InChI is InChI=1S/C23H27N3O5S/c1-28-20-10-15-9-16(22(27)25-19(15)11-21(20)29-2)13-26(14-18-6-4-8-31-18)23(32)24-12-17-5-3-7-30-17/h4,6,8-11,17H,3,5,7,12-14H2,1-2H3,(H,24,32)(H,25,27). The Morgan fingerprint density at radius 3 is 2.75 bits per heavy atom. The maximum atomic E-state index is 12.9. The zero-order chi connectivity index (χ0) is 22.5. The first-order chi connectivity index (χ1) is 15.6. The molecule has 0 saturated carbocycles. The Morgan fingerprint density at radius 1 is 1.25 bits per heavy atom. The van der Waals surface area contributed by atoms with Gasteiger partial charge in [0.15, 0.2) is 16.6 Å². The number of furan rings is 1. The maximum Gasteiger partial charge on any atom is 0.253 e. The van der Waals surface area contributed by atoms with Crippen LogP contribution in [-0.4, -0.2) is 48.5 Å². The average molecular weight is 458 g/mol. The predicted molar refractivity (Wildman–Crippen MR) is 125 cm³/mol. The molecular formula is C23H27N3O5S. The van der Waals surface area contributed by atoms with E-state index in [4.69, 9.17) is 30.8 Å². The lowest BCUT2D eigenvalue weighted by molar-refractivity contribution is 0.113. The molecule has 1 saturated heterocycles. The van der Waals surface area contributed by atoms with Gasteiger partial charge in [-0.1, -0.05) is 0 Å². The minimum Gasteiger partial charge on any atom is -0.493 e. The van der Waals surface area contributed by atoms with Crippen LogP contribution in [0.3, 0.4) is 0 Å². The van der Waals surface area contributed by atoms with Crippen molar-refractivity contribution >= 4 is 28.2 Å². The van der Waals surface area contributed by atoms with E-state index in [-0.39, 0.29) is 11.7 Å². The normalized spacial score (nSPS) is 15.6. The number of nitrogens with one attached hydrogen (secondary N) is 2. The number of aromatic amines is 1. The third kappa shape index (κ3) is 5.05. The molecule has 0 spiro atoms. The average Bonchev–Trinajstić information content (AvgIpc) is 3.51. The Balaban J connectivity index is 1.58. The molecule has 4 rings (SSSR count). The Kier molecular flexibility index (Phi) is 6.96. The largest absolute Gasteiger partial charge is 0.493 e. The van der Waals surface area contributed by atoms with Crippen molar-refractivity contribution < 1.29 is 18.6 Å². The Hall–Kier alpha value is -3.04. The third-order valence-electron chi connectivity index (χ3n) is 5.51. The van der Waals surface area contributed by atoms with E-state index in [0.29, 0.717) is 47.3 Å². The van der Waals surface area contributed by atoms with Gasteiger partial charge < -0.3 is 33.8 Å². The minimum absolute atomic E-state index is 0.157. The number of ether oxygens (including phenoxy) is 3. The van der Waals surface area contributed by atoms with E-state index in [1.165, 1.54) is 0 Å². The molecule has 0 amide bonds. The number of aromatic nitrogens is 1. The summed E-state index contributed by atoms with van der Waals surface area (Å²) in [5, 5.41) is 4.68. The van der Waals surface area contributed by atoms with Crippen LogP contribution in [0.15, 0.2) is 45.8 Å². The fourth-order valence-corrected chi connectivity index (χ4v) is 4.02. The molecule has 170 valence electrons. The second-order valence-corrected chi connectivity index (χ2v) is 8.06. The molecule has 8 nitrogen and oxygen atoms in total. The Labute approximate surface area is 191 Å². The number of benzene rings is 1. The van der Waals surface area contributed by atoms with E-state index in [9.17, 15) is 4.79 Å². The molecule has 3 aromatic rings. The van der Waals surface area contributed by atoms with Crippen LogP contribution >= 0.6 is 12.2 Å². The Bertz CT molecular complexity index is 1120. The highest BCUT2D eigenvalue weighted by Crippen LogP contribution is 2.31. The molecular weight excluding hydrogens is 430 g/mol. The monoisotopic (exact) mass is 457 g/mol. The molecule has 9 heteroatoms. The summed E-state index contributed by atoms with van der Waals surface area (Å²) in [7, 11) is 3.15. The lowest BCUT2D eigenvalue weighted by Gasteiger charge is -2.26. The number of pyridine rings is 1. The number of methoxy groups -OCH3 is 2. The van der Waals surface area contributed by atoms with Gasteiger partial charge in [0.2, 0.25) is 0 Å². The first kappa shape index (κ1) is 22.2. The van der Waals surface area contributed by atoms with E-state index in [1.807, 2.05) is 29.2 Å². The van der Waals surface area contributed by atoms with Crippen molar-refractivity contribution in [3.63, 3.8) is 0 Å². The van der Waals surface area contributed by atoms with Crippen molar-refractivity contribution in [1.29, 1.82) is 0 Å². The van der Waals surface area contributed by atoms with E-state index in [2.05, 4.69) is 10.3 Å². The van der Waals surface area contributed by atoms with Gasteiger partial charge in [-0.25, -0.2) is 0 Å².